The van der Waals surface area contributed by atoms with Gasteiger partial charge < -0.3 is 10.2 Å². The summed E-state index contributed by atoms with van der Waals surface area (Å²) in [7, 11) is 0. The Bertz CT molecular complexity index is 945. The molecule has 38 heavy (non-hydrogen) atoms. The maximum absolute atomic E-state index is 10.7. The van der Waals surface area contributed by atoms with Crippen LogP contribution in [-0.2, 0) is 32.5 Å². The topological polar surface area (TPSA) is 40.5 Å². The molecule has 2 aromatic rings. The van der Waals surface area contributed by atoms with E-state index in [-0.39, 0.29) is 32.5 Å². The van der Waals surface area contributed by atoms with Crippen molar-refractivity contribution in [1.82, 2.24) is 0 Å². The molecule has 0 unspecified atom stereocenters. The lowest BCUT2D eigenvalue weighted by Crippen LogP contribution is -2.21. The molecule has 216 valence electrons. The minimum Gasteiger partial charge on any atom is -0.507 e. The van der Waals surface area contributed by atoms with Gasteiger partial charge >= 0.3 is 0 Å². The Morgan fingerprint density at radius 1 is 0.316 bits per heavy atom. The lowest BCUT2D eigenvalue weighted by Gasteiger charge is -2.31. The Kier molecular flexibility index (Phi) is 9.46. The summed E-state index contributed by atoms with van der Waals surface area (Å²) in [4.78, 5) is 0. The molecule has 0 aromatic heterocycles. The van der Waals surface area contributed by atoms with Crippen LogP contribution >= 0.6 is 0 Å². The highest BCUT2D eigenvalue weighted by Crippen LogP contribution is 2.43. The molecule has 0 aliphatic rings. The minimum absolute atomic E-state index is 0.0503. The number of phenols is 2. The molecule has 0 saturated heterocycles. The fraction of sp³-hybridized carbons (Fsp3) is 0.667. The van der Waals surface area contributed by atoms with E-state index in [0.717, 1.165) is 22.3 Å². The quantitative estimate of drug-likeness (QED) is 0.360. The third kappa shape index (κ3) is 8.52. The first-order valence-electron chi connectivity index (χ1n) is 14.3. The average Bonchev–Trinajstić information content (AvgIpc) is 2.63. The number of aromatic hydroxyl groups is 2. The minimum atomic E-state index is -0.0503. The second kappa shape index (κ2) is 10.5. The van der Waals surface area contributed by atoms with E-state index < -0.39 is 0 Å². The van der Waals surface area contributed by atoms with Crippen molar-refractivity contribution in [2.24, 2.45) is 0 Å². The molecule has 2 rings (SSSR count). The standard InChI is InChI=1S/2C18H30O/c2*1-16(2,3)12-10-13(17(4,5)6)15(19)14(11-12)18(7,8)9/h2*10-11,19H,1-9H3. The van der Waals surface area contributed by atoms with E-state index in [1.54, 1.807) is 0 Å². The van der Waals surface area contributed by atoms with Gasteiger partial charge in [0, 0.05) is 0 Å². The molecule has 0 spiro atoms. The van der Waals surface area contributed by atoms with Crippen molar-refractivity contribution in [1.29, 1.82) is 0 Å². The summed E-state index contributed by atoms with van der Waals surface area (Å²) in [6.45, 7) is 39.2. The smallest absolute Gasteiger partial charge is 0.123 e. The molecule has 0 atom stereocenters. The number of rotatable bonds is 0. The number of phenolic OH excluding ortho intramolecular Hbond substituents is 2. The van der Waals surface area contributed by atoms with Gasteiger partial charge in [-0.15, -0.1) is 0 Å². The summed E-state index contributed by atoms with van der Waals surface area (Å²) in [6, 6.07) is 8.68. The Morgan fingerprint density at radius 3 is 0.579 bits per heavy atom. The maximum Gasteiger partial charge on any atom is 0.123 e. The summed E-state index contributed by atoms with van der Waals surface area (Å²) in [5.74, 6) is 0.931. The lowest BCUT2D eigenvalue weighted by molar-refractivity contribution is 0.419. The Morgan fingerprint density at radius 2 is 0.474 bits per heavy atom. The molecule has 2 aromatic carbocycles. The second-order valence-electron chi connectivity index (χ2n) is 17.3. The summed E-state index contributed by atoms with van der Waals surface area (Å²) in [6.07, 6.45) is 0. The molecule has 2 heteroatoms. The molecule has 2 N–H and O–H groups in total. The molecule has 2 nitrogen and oxygen atoms in total. The highest BCUT2D eigenvalue weighted by Gasteiger charge is 2.30. The summed E-state index contributed by atoms with van der Waals surface area (Å²) in [5.41, 5.74) is 6.75. The molecule has 0 heterocycles. The zero-order valence-electron chi connectivity index (χ0n) is 28.2. The van der Waals surface area contributed by atoms with E-state index in [1.807, 2.05) is 0 Å². The molecule has 0 amide bonds. The van der Waals surface area contributed by atoms with Crippen LogP contribution in [0.2, 0.25) is 0 Å². The fourth-order valence-corrected chi connectivity index (χ4v) is 4.42. The first kappa shape index (κ1) is 34.1. The van der Waals surface area contributed by atoms with Gasteiger partial charge in [-0.1, -0.05) is 149 Å². The van der Waals surface area contributed by atoms with E-state index in [9.17, 15) is 10.2 Å². The van der Waals surface area contributed by atoms with Gasteiger partial charge in [0.25, 0.3) is 0 Å². The largest absolute Gasteiger partial charge is 0.507 e. The monoisotopic (exact) mass is 524 g/mol. The predicted octanol–water partition coefficient (Wildman–Crippen LogP) is 10.6. The van der Waals surface area contributed by atoms with Gasteiger partial charge in [0.05, 0.1) is 0 Å². The summed E-state index contributed by atoms with van der Waals surface area (Å²) in [5, 5.41) is 21.3. The van der Waals surface area contributed by atoms with Crippen molar-refractivity contribution < 1.29 is 10.2 Å². The van der Waals surface area contributed by atoms with Crippen LogP contribution in [0.25, 0.3) is 0 Å². The van der Waals surface area contributed by atoms with Gasteiger partial charge in [-0.25, -0.2) is 0 Å². The van der Waals surface area contributed by atoms with E-state index in [1.165, 1.54) is 11.1 Å². The molecule has 0 bridgehead atoms. The highest BCUT2D eigenvalue weighted by molar-refractivity contribution is 5.52. The normalized spacial score (nSPS) is 13.7. The van der Waals surface area contributed by atoms with Crippen molar-refractivity contribution >= 4 is 0 Å². The van der Waals surface area contributed by atoms with Crippen LogP contribution in [0, 0.1) is 0 Å². The zero-order valence-corrected chi connectivity index (χ0v) is 28.2. The zero-order chi connectivity index (χ0) is 30.4. The Balaban J connectivity index is 0.000000380. The second-order valence-corrected chi connectivity index (χ2v) is 17.3. The van der Waals surface area contributed by atoms with Crippen molar-refractivity contribution in [3.63, 3.8) is 0 Å². The predicted molar refractivity (Wildman–Crippen MR) is 168 cm³/mol. The van der Waals surface area contributed by atoms with E-state index in [0.29, 0.717) is 11.5 Å². The van der Waals surface area contributed by atoms with Crippen LogP contribution in [0.4, 0.5) is 0 Å². The van der Waals surface area contributed by atoms with Crippen LogP contribution in [0.3, 0.4) is 0 Å². The summed E-state index contributed by atoms with van der Waals surface area (Å²) < 4.78 is 0. The molecular formula is C36H60O2. The first-order chi connectivity index (χ1) is 16.5. The van der Waals surface area contributed by atoms with Crippen molar-refractivity contribution in [2.45, 2.75) is 157 Å². The van der Waals surface area contributed by atoms with E-state index in [4.69, 9.17) is 0 Å². The van der Waals surface area contributed by atoms with Crippen LogP contribution in [-0.4, -0.2) is 10.2 Å². The van der Waals surface area contributed by atoms with Crippen molar-refractivity contribution in [3.05, 3.63) is 57.6 Å². The third-order valence-electron chi connectivity index (χ3n) is 7.18. The van der Waals surface area contributed by atoms with Gasteiger partial charge in [-0.05, 0) is 65.9 Å². The van der Waals surface area contributed by atoms with Crippen LogP contribution < -0.4 is 0 Å². The molecule has 0 radical (unpaired) electrons. The number of benzene rings is 2. The van der Waals surface area contributed by atoms with E-state index >= 15 is 0 Å². The number of hydrogen-bond donors (Lipinski definition) is 2. The Labute approximate surface area is 236 Å². The van der Waals surface area contributed by atoms with Crippen LogP contribution in [0.1, 0.15) is 158 Å². The van der Waals surface area contributed by atoms with Gasteiger partial charge in [0.15, 0.2) is 0 Å². The van der Waals surface area contributed by atoms with Crippen LogP contribution in [0.15, 0.2) is 24.3 Å². The van der Waals surface area contributed by atoms with Crippen molar-refractivity contribution in [3.8, 4) is 11.5 Å². The van der Waals surface area contributed by atoms with Gasteiger partial charge in [-0.2, -0.15) is 0 Å². The SMILES string of the molecule is CC(C)(C)c1cc(C(C)(C)C)c(O)c(C(C)(C)C)c1.CC(C)(C)c1cc(C(C)(C)C)c(O)c(C(C)(C)C)c1. The lowest BCUT2D eigenvalue weighted by atomic mass is 9.75. The average molecular weight is 525 g/mol. The fourth-order valence-electron chi connectivity index (χ4n) is 4.42. The van der Waals surface area contributed by atoms with Gasteiger partial charge in [0.1, 0.15) is 11.5 Å². The van der Waals surface area contributed by atoms with Crippen LogP contribution in [0.5, 0.6) is 11.5 Å². The maximum atomic E-state index is 10.7. The molecule has 0 aliphatic heterocycles. The van der Waals surface area contributed by atoms with E-state index in [2.05, 4.69) is 149 Å². The highest BCUT2D eigenvalue weighted by atomic mass is 16.3. The molecule has 0 aliphatic carbocycles. The van der Waals surface area contributed by atoms with Crippen molar-refractivity contribution in [2.75, 3.05) is 0 Å². The molecule has 0 fully saturated rings. The number of hydrogen-bond acceptors (Lipinski definition) is 2. The molecular weight excluding hydrogens is 464 g/mol. The van der Waals surface area contributed by atoms with Gasteiger partial charge in [-0.3, -0.25) is 0 Å². The molecule has 0 saturated carbocycles. The first-order valence-corrected chi connectivity index (χ1v) is 14.3. The Hall–Kier alpha value is -1.96. The van der Waals surface area contributed by atoms with Gasteiger partial charge in [0.2, 0.25) is 0 Å². The third-order valence-corrected chi connectivity index (χ3v) is 7.18. The summed E-state index contributed by atoms with van der Waals surface area (Å²) >= 11 is 0.